The molecular formula is C12H11F2N5O3S. The van der Waals surface area contributed by atoms with Gasteiger partial charge in [-0.25, -0.2) is 36.8 Å². The molecule has 1 heterocycles. The van der Waals surface area contributed by atoms with Crippen LogP contribution in [0, 0.1) is 18.2 Å². The summed E-state index contributed by atoms with van der Waals surface area (Å²) in [5.74, 6) is -2.44. The van der Waals surface area contributed by atoms with Crippen molar-refractivity contribution in [1.82, 2.24) is 15.3 Å². The normalized spacial score (nSPS) is 17.2. The second-order valence-electron chi connectivity index (χ2n) is 4.68. The van der Waals surface area contributed by atoms with E-state index in [1.807, 2.05) is 0 Å². The lowest BCUT2D eigenvalue weighted by Crippen LogP contribution is -2.48. The molecule has 2 amide bonds. The smallest absolute Gasteiger partial charge is 0.329 e. The van der Waals surface area contributed by atoms with Crippen molar-refractivity contribution in [3.05, 3.63) is 35.2 Å². The van der Waals surface area contributed by atoms with Crippen molar-refractivity contribution in [3.8, 4) is 0 Å². The van der Waals surface area contributed by atoms with Crippen LogP contribution < -0.4 is 5.43 Å². The molecule has 122 valence electrons. The molecule has 0 saturated carbocycles. The van der Waals surface area contributed by atoms with Crippen molar-refractivity contribution in [2.24, 2.45) is 4.99 Å². The zero-order valence-electron chi connectivity index (χ0n) is 12.0. The van der Waals surface area contributed by atoms with Gasteiger partial charge in [-0.1, -0.05) is 0 Å². The topological polar surface area (TPSA) is 86.4 Å². The standard InChI is InChI=1S/C12H11F2N5O3S/c1-15-9-4-8(14)10(5-7(9)13)23(21,22)11-16-6-19(17-11)12(20)18(2)3/h4-6,11,17H,2-3H3. The lowest BCUT2D eigenvalue weighted by atomic mass is 10.3. The number of hydrogen-bond acceptors (Lipinski definition) is 5. The third-order valence-corrected chi connectivity index (χ3v) is 4.62. The first kappa shape index (κ1) is 16.8. The van der Waals surface area contributed by atoms with Gasteiger partial charge in [-0.2, -0.15) is 5.43 Å². The summed E-state index contributed by atoms with van der Waals surface area (Å²) in [7, 11) is -1.56. The number of nitrogens with zero attached hydrogens (tertiary/aromatic N) is 4. The predicted octanol–water partition coefficient (Wildman–Crippen LogP) is 1.10. The van der Waals surface area contributed by atoms with Crippen molar-refractivity contribution in [2.75, 3.05) is 14.1 Å². The first-order chi connectivity index (χ1) is 10.7. The third-order valence-electron chi connectivity index (χ3n) is 2.88. The minimum Gasteiger partial charge on any atom is -0.329 e. The fourth-order valence-corrected chi connectivity index (χ4v) is 3.03. The average molecular weight is 343 g/mol. The number of hydrogen-bond donors (Lipinski definition) is 1. The number of sulfone groups is 1. The van der Waals surface area contributed by atoms with E-state index in [1.54, 1.807) is 0 Å². The van der Waals surface area contributed by atoms with Gasteiger partial charge in [-0.05, 0) is 12.1 Å². The molecule has 8 nitrogen and oxygen atoms in total. The molecule has 1 aliphatic heterocycles. The maximum Gasteiger partial charge on any atom is 0.339 e. The summed E-state index contributed by atoms with van der Waals surface area (Å²) in [6.07, 6.45) is 0.937. The maximum atomic E-state index is 13.9. The Bertz CT molecular complexity index is 832. The zero-order valence-corrected chi connectivity index (χ0v) is 12.8. The minimum absolute atomic E-state index is 0.422. The number of urea groups is 1. The van der Waals surface area contributed by atoms with Gasteiger partial charge in [0.25, 0.3) is 0 Å². The van der Waals surface area contributed by atoms with E-state index < -0.39 is 43.6 Å². The van der Waals surface area contributed by atoms with Crippen LogP contribution in [0.1, 0.15) is 0 Å². The van der Waals surface area contributed by atoms with Crippen LogP contribution >= 0.6 is 0 Å². The fourth-order valence-electron chi connectivity index (χ4n) is 1.72. The van der Waals surface area contributed by atoms with Gasteiger partial charge in [-0.15, -0.1) is 0 Å². The van der Waals surface area contributed by atoms with E-state index >= 15 is 0 Å². The zero-order chi connectivity index (χ0) is 17.4. The lowest BCUT2D eigenvalue weighted by molar-refractivity contribution is 0.184. The largest absolute Gasteiger partial charge is 0.339 e. The molecule has 23 heavy (non-hydrogen) atoms. The molecule has 1 atom stereocenters. The number of rotatable bonds is 2. The molecule has 1 aromatic carbocycles. The van der Waals surface area contributed by atoms with Crippen LogP contribution in [0.25, 0.3) is 4.85 Å². The Labute approximate surface area is 130 Å². The molecule has 11 heteroatoms. The van der Waals surface area contributed by atoms with Crippen LogP contribution in [0.3, 0.4) is 0 Å². The van der Waals surface area contributed by atoms with Crippen LogP contribution in [0.2, 0.25) is 0 Å². The van der Waals surface area contributed by atoms with Crippen molar-refractivity contribution in [1.29, 1.82) is 0 Å². The summed E-state index contributed by atoms with van der Waals surface area (Å²) in [5.41, 5.74) is -0.0437. The first-order valence-electron chi connectivity index (χ1n) is 6.09. The second kappa shape index (κ2) is 5.90. The van der Waals surface area contributed by atoms with Gasteiger partial charge in [0.1, 0.15) is 22.9 Å². The Balaban J connectivity index is 2.35. The SMILES string of the molecule is [C-]#[N+]c1cc(F)c(S(=O)(=O)C2N=CN(C(=O)N(C)C)N2)cc1F. The summed E-state index contributed by atoms with van der Waals surface area (Å²) in [4.78, 5) is 18.2. The molecule has 1 unspecified atom stereocenters. The summed E-state index contributed by atoms with van der Waals surface area (Å²) in [5, 5.41) is 0.810. The number of carbonyl (C=O) groups excluding carboxylic acids is 1. The highest BCUT2D eigenvalue weighted by Crippen LogP contribution is 2.27. The van der Waals surface area contributed by atoms with Gasteiger partial charge in [0.05, 0.1) is 6.57 Å². The maximum absolute atomic E-state index is 13.9. The Morgan fingerprint density at radius 3 is 2.61 bits per heavy atom. The van der Waals surface area contributed by atoms with Crippen molar-refractivity contribution in [3.63, 3.8) is 0 Å². The van der Waals surface area contributed by atoms with Crippen LogP contribution in [-0.4, -0.2) is 50.3 Å². The molecule has 0 aromatic heterocycles. The number of benzene rings is 1. The van der Waals surface area contributed by atoms with Crippen LogP contribution in [0.5, 0.6) is 0 Å². The number of nitrogens with one attached hydrogen (secondary N) is 1. The summed E-state index contributed by atoms with van der Waals surface area (Å²) in [6, 6.07) is 0.323. The minimum atomic E-state index is -4.45. The monoisotopic (exact) mass is 343 g/mol. The molecule has 1 N–H and O–H groups in total. The molecule has 1 aromatic rings. The molecule has 0 aliphatic carbocycles. The summed E-state index contributed by atoms with van der Waals surface area (Å²) in [6.45, 7) is 6.67. The highest BCUT2D eigenvalue weighted by atomic mass is 32.2. The second-order valence-corrected chi connectivity index (χ2v) is 6.66. The molecule has 0 bridgehead atoms. The van der Waals surface area contributed by atoms with Gasteiger partial charge >= 0.3 is 6.03 Å². The molecule has 0 radical (unpaired) electrons. The average Bonchev–Trinajstić information content (AvgIpc) is 2.98. The predicted molar refractivity (Wildman–Crippen MR) is 76.1 cm³/mol. The van der Waals surface area contributed by atoms with E-state index in [1.165, 1.54) is 19.0 Å². The van der Waals surface area contributed by atoms with E-state index in [0.29, 0.717) is 12.1 Å². The quantitative estimate of drug-likeness (QED) is 0.815. The first-order valence-corrected chi connectivity index (χ1v) is 7.63. The summed E-state index contributed by atoms with van der Waals surface area (Å²) < 4.78 is 52.1. The van der Waals surface area contributed by atoms with Crippen molar-refractivity contribution >= 4 is 27.9 Å². The van der Waals surface area contributed by atoms with E-state index in [0.717, 1.165) is 11.3 Å². The van der Waals surface area contributed by atoms with Gasteiger partial charge < -0.3 is 4.90 Å². The molecular weight excluding hydrogens is 332 g/mol. The van der Waals surface area contributed by atoms with Gasteiger partial charge in [-0.3, -0.25) is 0 Å². The lowest BCUT2D eigenvalue weighted by Gasteiger charge is -2.20. The molecule has 1 aliphatic rings. The van der Waals surface area contributed by atoms with Crippen molar-refractivity contribution in [2.45, 2.75) is 10.4 Å². The number of aliphatic imine (C=N–C) groups is 1. The van der Waals surface area contributed by atoms with E-state index in [9.17, 15) is 22.0 Å². The molecule has 0 spiro atoms. The van der Waals surface area contributed by atoms with Crippen LogP contribution in [0.15, 0.2) is 22.0 Å². The van der Waals surface area contributed by atoms with Crippen LogP contribution in [0.4, 0.5) is 19.3 Å². The van der Waals surface area contributed by atoms with Gasteiger partial charge in [0.15, 0.2) is 0 Å². The van der Waals surface area contributed by atoms with Crippen LogP contribution in [-0.2, 0) is 9.84 Å². The fraction of sp³-hybridized carbons (Fsp3) is 0.250. The molecule has 2 rings (SSSR count). The Kier molecular flexibility index (Phi) is 4.31. The van der Waals surface area contributed by atoms with E-state index in [-0.39, 0.29) is 0 Å². The summed E-state index contributed by atoms with van der Waals surface area (Å²) >= 11 is 0. The highest BCUT2D eigenvalue weighted by Gasteiger charge is 2.36. The van der Waals surface area contributed by atoms with E-state index in [4.69, 9.17) is 6.57 Å². The Hall–Kier alpha value is -2.58. The third kappa shape index (κ3) is 2.99. The van der Waals surface area contributed by atoms with E-state index in [2.05, 4.69) is 15.3 Å². The van der Waals surface area contributed by atoms with Crippen molar-refractivity contribution < 1.29 is 22.0 Å². The number of amides is 2. The number of carbonyl (C=O) groups is 1. The number of hydrazine groups is 1. The molecule has 0 saturated heterocycles. The van der Waals surface area contributed by atoms with Gasteiger partial charge in [0, 0.05) is 14.1 Å². The molecule has 0 fully saturated rings. The Morgan fingerprint density at radius 1 is 1.39 bits per heavy atom. The highest BCUT2D eigenvalue weighted by molar-refractivity contribution is 7.92. The Morgan fingerprint density at radius 2 is 2.04 bits per heavy atom. The number of halogens is 2. The van der Waals surface area contributed by atoms with Gasteiger partial charge in [0.2, 0.25) is 21.0 Å².